The Hall–Kier alpha value is -2.03. The number of carbonyl (C=O) groups excluding carboxylic acids is 3. The van der Waals surface area contributed by atoms with E-state index in [1.165, 1.54) is 25.7 Å². The molecule has 1 unspecified atom stereocenters. The average molecular weight is 617 g/mol. The molecule has 4 aliphatic carbocycles. The van der Waals surface area contributed by atoms with Crippen molar-refractivity contribution in [2.75, 3.05) is 6.61 Å². The molecule has 1 spiro atoms. The first-order valence-corrected chi connectivity index (χ1v) is 17.0. The standard InChI is InChI=1S/C36H56O8/c1-9-10-11-12-13-14-15-16-27(38)44-35-19-23(5)34-18-22(4)31(43-32(41)24(6)21(2)3)36(34,42)29(39)25(20-37)17-26(30(34)40)28(35)33(35,7)8/h17-18,21,23-24,26,28-29,31,37,39,42H,9-16,19-20H2,1-8H3/t23-,24?,26-,28-,29-,31+,34+,35+,36+/m1/s1. The Bertz CT molecular complexity index is 1180. The van der Waals surface area contributed by atoms with Gasteiger partial charge in [-0.2, -0.15) is 0 Å². The molecule has 0 saturated heterocycles. The number of fused-ring (bicyclic) bond motifs is 3. The first kappa shape index (κ1) is 34.8. The molecule has 44 heavy (non-hydrogen) atoms. The fourth-order valence-electron chi connectivity index (χ4n) is 8.87. The lowest BCUT2D eigenvalue weighted by atomic mass is 9.59. The molecule has 9 atom stereocenters. The number of esters is 2. The van der Waals surface area contributed by atoms with Gasteiger partial charge in [-0.1, -0.05) is 99.1 Å². The van der Waals surface area contributed by atoms with Crippen LogP contribution in [0.1, 0.15) is 113 Å². The Balaban J connectivity index is 1.68. The summed E-state index contributed by atoms with van der Waals surface area (Å²) in [6.07, 6.45) is 8.55. The molecule has 2 saturated carbocycles. The van der Waals surface area contributed by atoms with E-state index in [0.717, 1.165) is 19.3 Å². The van der Waals surface area contributed by atoms with Crippen LogP contribution in [0.3, 0.4) is 0 Å². The van der Waals surface area contributed by atoms with Gasteiger partial charge in [-0.15, -0.1) is 0 Å². The number of hydrogen-bond acceptors (Lipinski definition) is 8. The van der Waals surface area contributed by atoms with Crippen molar-refractivity contribution < 1.29 is 39.2 Å². The molecule has 0 heterocycles. The van der Waals surface area contributed by atoms with E-state index in [2.05, 4.69) is 6.92 Å². The van der Waals surface area contributed by atoms with Crippen molar-refractivity contribution in [3.63, 3.8) is 0 Å². The van der Waals surface area contributed by atoms with E-state index in [4.69, 9.17) is 9.47 Å². The predicted octanol–water partition coefficient (Wildman–Crippen LogP) is 5.46. The molecule has 0 amide bonds. The Morgan fingerprint density at radius 1 is 1.07 bits per heavy atom. The van der Waals surface area contributed by atoms with Crippen LogP contribution in [-0.4, -0.2) is 63.1 Å². The zero-order valence-electron chi connectivity index (χ0n) is 28.2. The highest BCUT2D eigenvalue weighted by molar-refractivity contribution is 5.96. The molecule has 8 nitrogen and oxygen atoms in total. The van der Waals surface area contributed by atoms with E-state index in [-0.39, 0.29) is 23.2 Å². The molecule has 0 aromatic heterocycles. The number of aliphatic hydroxyl groups is 3. The van der Waals surface area contributed by atoms with Crippen LogP contribution in [0.4, 0.5) is 0 Å². The van der Waals surface area contributed by atoms with Crippen molar-refractivity contribution in [2.24, 2.45) is 40.4 Å². The SMILES string of the molecule is CCCCCCCCCC(=O)O[C@@]12C[C@@H](C)[C@]34C=C(C)[C@H](OC(=O)C(C)C(C)C)[C@@]3(O)[C@H](O)C(CO)=C[C@@H](C4=O)[C@@H]1C2(C)C. The van der Waals surface area contributed by atoms with Gasteiger partial charge in [-0.3, -0.25) is 14.4 Å². The van der Waals surface area contributed by atoms with E-state index in [1.807, 2.05) is 34.6 Å². The molecule has 4 aliphatic rings. The van der Waals surface area contributed by atoms with Crippen LogP contribution in [0.2, 0.25) is 0 Å². The van der Waals surface area contributed by atoms with Crippen molar-refractivity contribution in [2.45, 2.75) is 137 Å². The summed E-state index contributed by atoms with van der Waals surface area (Å²) in [6.45, 7) is 14.7. The van der Waals surface area contributed by atoms with E-state index in [0.29, 0.717) is 18.4 Å². The lowest BCUT2D eigenvalue weighted by Crippen LogP contribution is -2.66. The van der Waals surface area contributed by atoms with E-state index >= 15 is 0 Å². The highest BCUT2D eigenvalue weighted by Gasteiger charge is 2.83. The molecular weight excluding hydrogens is 560 g/mol. The Morgan fingerprint density at radius 3 is 2.27 bits per heavy atom. The van der Waals surface area contributed by atoms with Crippen LogP contribution >= 0.6 is 0 Å². The minimum atomic E-state index is -2.24. The predicted molar refractivity (Wildman–Crippen MR) is 167 cm³/mol. The average Bonchev–Trinajstić information content (AvgIpc) is 3.36. The summed E-state index contributed by atoms with van der Waals surface area (Å²) in [5.74, 6) is -3.39. The maximum atomic E-state index is 14.8. The number of hydrogen-bond donors (Lipinski definition) is 3. The van der Waals surface area contributed by atoms with Gasteiger partial charge in [0.15, 0.2) is 17.5 Å². The lowest BCUT2D eigenvalue weighted by molar-refractivity contribution is -0.206. The third-order valence-corrected chi connectivity index (χ3v) is 11.9. The normalized spacial score (nSPS) is 37.6. The van der Waals surface area contributed by atoms with E-state index < -0.39 is 70.5 Å². The fourth-order valence-corrected chi connectivity index (χ4v) is 8.87. The van der Waals surface area contributed by atoms with Crippen molar-refractivity contribution in [1.29, 1.82) is 0 Å². The van der Waals surface area contributed by atoms with E-state index in [1.54, 1.807) is 26.0 Å². The zero-order chi connectivity index (χ0) is 32.8. The molecule has 2 bridgehead atoms. The largest absolute Gasteiger partial charge is 0.458 e. The smallest absolute Gasteiger partial charge is 0.309 e. The molecule has 0 aromatic carbocycles. The summed E-state index contributed by atoms with van der Waals surface area (Å²) in [4.78, 5) is 41.3. The van der Waals surface area contributed by atoms with Gasteiger partial charge in [0.05, 0.1) is 17.9 Å². The highest BCUT2D eigenvalue weighted by Crippen LogP contribution is 2.75. The number of unbranched alkanes of at least 4 members (excludes halogenated alkanes) is 6. The number of ketones is 1. The summed E-state index contributed by atoms with van der Waals surface area (Å²) in [5, 5.41) is 34.9. The molecule has 0 aromatic rings. The van der Waals surface area contributed by atoms with E-state index in [9.17, 15) is 29.7 Å². The summed E-state index contributed by atoms with van der Waals surface area (Å²) in [6, 6.07) is 0. The summed E-state index contributed by atoms with van der Waals surface area (Å²) >= 11 is 0. The highest BCUT2D eigenvalue weighted by atomic mass is 16.6. The molecular formula is C36H56O8. The van der Waals surface area contributed by atoms with Crippen molar-refractivity contribution >= 4 is 17.7 Å². The van der Waals surface area contributed by atoms with Crippen molar-refractivity contribution in [1.82, 2.24) is 0 Å². The number of aliphatic hydroxyl groups excluding tert-OH is 2. The van der Waals surface area contributed by atoms with Gasteiger partial charge >= 0.3 is 11.9 Å². The quantitative estimate of drug-likeness (QED) is 0.141. The second-order valence-electron chi connectivity index (χ2n) is 15.2. The van der Waals surface area contributed by atoms with Crippen LogP contribution in [0.5, 0.6) is 0 Å². The molecule has 0 aliphatic heterocycles. The van der Waals surface area contributed by atoms with Gasteiger partial charge in [0.1, 0.15) is 11.7 Å². The Kier molecular flexibility index (Phi) is 10.0. The summed E-state index contributed by atoms with van der Waals surface area (Å²) in [7, 11) is 0. The number of carbonyl (C=O) groups is 3. The van der Waals surface area contributed by atoms with Gasteiger partial charge in [0, 0.05) is 23.7 Å². The summed E-state index contributed by atoms with van der Waals surface area (Å²) in [5.41, 5.74) is -4.77. The number of Topliss-reactive ketones (excluding diaryl/α,β-unsaturated/α-hetero) is 1. The van der Waals surface area contributed by atoms with Gasteiger partial charge in [0.2, 0.25) is 0 Å². The zero-order valence-corrected chi connectivity index (χ0v) is 28.2. The van der Waals surface area contributed by atoms with Crippen molar-refractivity contribution in [3.8, 4) is 0 Å². The Morgan fingerprint density at radius 2 is 1.68 bits per heavy atom. The number of rotatable bonds is 13. The van der Waals surface area contributed by atoms with Crippen LogP contribution in [0.25, 0.3) is 0 Å². The third kappa shape index (κ3) is 5.21. The van der Waals surface area contributed by atoms with Gasteiger partial charge in [0.25, 0.3) is 0 Å². The minimum absolute atomic E-state index is 0.0171. The molecule has 8 heteroatoms. The molecule has 0 radical (unpaired) electrons. The van der Waals surface area contributed by atoms with Crippen LogP contribution in [-0.2, 0) is 23.9 Å². The van der Waals surface area contributed by atoms with Crippen LogP contribution < -0.4 is 0 Å². The van der Waals surface area contributed by atoms with Crippen molar-refractivity contribution in [3.05, 3.63) is 23.3 Å². The molecule has 3 N–H and O–H groups in total. The minimum Gasteiger partial charge on any atom is -0.458 e. The first-order valence-electron chi connectivity index (χ1n) is 17.0. The van der Waals surface area contributed by atoms with Gasteiger partial charge < -0.3 is 24.8 Å². The first-order chi connectivity index (χ1) is 20.6. The van der Waals surface area contributed by atoms with Crippen LogP contribution in [0.15, 0.2) is 23.3 Å². The Labute approximate surface area is 263 Å². The third-order valence-electron chi connectivity index (χ3n) is 11.9. The topological polar surface area (TPSA) is 130 Å². The molecule has 4 rings (SSSR count). The van der Waals surface area contributed by atoms with Gasteiger partial charge in [-0.05, 0) is 42.7 Å². The summed E-state index contributed by atoms with van der Waals surface area (Å²) < 4.78 is 12.3. The fraction of sp³-hybridized carbons (Fsp3) is 0.806. The number of ether oxygens (including phenoxy) is 2. The monoisotopic (exact) mass is 616 g/mol. The molecule has 2 fully saturated rings. The van der Waals surface area contributed by atoms with Gasteiger partial charge in [-0.25, -0.2) is 0 Å². The molecule has 248 valence electrons. The second-order valence-corrected chi connectivity index (χ2v) is 15.2. The maximum absolute atomic E-state index is 14.8. The van der Waals surface area contributed by atoms with Crippen LogP contribution in [0, 0.1) is 40.4 Å². The second kappa shape index (κ2) is 12.6. The number of allylic oxidation sites excluding steroid dienone is 1. The maximum Gasteiger partial charge on any atom is 0.309 e. The lowest BCUT2D eigenvalue weighted by Gasteiger charge is -2.49.